The van der Waals surface area contributed by atoms with Crippen LogP contribution in [0.25, 0.3) is 0 Å². The van der Waals surface area contributed by atoms with Crippen molar-refractivity contribution in [1.29, 1.82) is 0 Å². The summed E-state index contributed by atoms with van der Waals surface area (Å²) < 4.78 is 11.5. The lowest BCUT2D eigenvalue weighted by Gasteiger charge is -2.34. The van der Waals surface area contributed by atoms with Crippen LogP contribution < -0.4 is 4.74 Å². The Kier molecular flexibility index (Phi) is 7.58. The van der Waals surface area contributed by atoms with E-state index in [9.17, 15) is 4.79 Å². The van der Waals surface area contributed by atoms with Crippen molar-refractivity contribution in [2.45, 2.75) is 19.6 Å². The average molecular weight is 437 g/mol. The van der Waals surface area contributed by atoms with Gasteiger partial charge in [0.25, 0.3) is 0 Å². The molecule has 2 heterocycles. The van der Waals surface area contributed by atoms with Gasteiger partial charge in [0.2, 0.25) is 0 Å². The summed E-state index contributed by atoms with van der Waals surface area (Å²) in [7, 11) is 0. The molecule has 3 aromatic rings. The second kappa shape index (κ2) is 11.0. The first-order chi connectivity index (χ1) is 15.3. The quantitative estimate of drug-likeness (QED) is 0.508. The molecule has 0 aliphatic carbocycles. The predicted octanol–water partition coefficient (Wildman–Crippen LogP) is 4.82. The highest BCUT2D eigenvalue weighted by molar-refractivity contribution is 7.07. The lowest BCUT2D eigenvalue weighted by Crippen LogP contribution is -2.48. The molecular formula is C25H28N2O3S. The topological polar surface area (TPSA) is 42.0 Å². The van der Waals surface area contributed by atoms with Gasteiger partial charge in [0.15, 0.2) is 0 Å². The maximum Gasteiger partial charge on any atom is 0.409 e. The molecule has 1 aliphatic rings. The van der Waals surface area contributed by atoms with E-state index in [1.165, 1.54) is 11.1 Å². The van der Waals surface area contributed by atoms with Crippen molar-refractivity contribution in [3.63, 3.8) is 0 Å². The van der Waals surface area contributed by atoms with Crippen LogP contribution in [0.1, 0.15) is 16.7 Å². The van der Waals surface area contributed by atoms with E-state index >= 15 is 0 Å². The van der Waals surface area contributed by atoms with Crippen molar-refractivity contribution < 1.29 is 14.3 Å². The van der Waals surface area contributed by atoms with Crippen molar-refractivity contribution >= 4 is 17.4 Å². The maximum absolute atomic E-state index is 12.3. The molecule has 1 amide bonds. The fourth-order valence-corrected chi connectivity index (χ4v) is 4.33. The van der Waals surface area contributed by atoms with Gasteiger partial charge in [-0.15, -0.1) is 0 Å². The Labute approximate surface area is 187 Å². The van der Waals surface area contributed by atoms with Crippen LogP contribution >= 0.6 is 11.3 Å². The van der Waals surface area contributed by atoms with E-state index in [0.29, 0.717) is 26.3 Å². The molecule has 1 aliphatic heterocycles. The van der Waals surface area contributed by atoms with E-state index in [0.717, 1.165) is 37.4 Å². The van der Waals surface area contributed by atoms with Crippen molar-refractivity contribution in [2.75, 3.05) is 32.8 Å². The number of carbonyl (C=O) groups excluding carboxylic acids is 1. The molecule has 162 valence electrons. The number of amides is 1. The Hall–Kier alpha value is -2.83. The zero-order valence-electron chi connectivity index (χ0n) is 17.6. The fourth-order valence-electron chi connectivity index (χ4n) is 3.62. The summed E-state index contributed by atoms with van der Waals surface area (Å²) in [5.74, 6) is 0.918. The van der Waals surface area contributed by atoms with Crippen LogP contribution in [0, 0.1) is 0 Å². The summed E-state index contributed by atoms with van der Waals surface area (Å²) in [6.07, 6.45) is 0.566. The first kappa shape index (κ1) is 21.4. The van der Waals surface area contributed by atoms with Gasteiger partial charge < -0.3 is 14.4 Å². The zero-order valence-corrected chi connectivity index (χ0v) is 18.4. The lowest BCUT2D eigenvalue weighted by molar-refractivity contribution is 0.0749. The Bertz CT molecular complexity index is 938. The minimum absolute atomic E-state index is 0.207. The number of para-hydroxylation sites is 1. The normalized spacial score (nSPS) is 14.4. The smallest absolute Gasteiger partial charge is 0.409 e. The number of thiophene rings is 1. The summed E-state index contributed by atoms with van der Waals surface area (Å²) >= 11 is 1.66. The number of benzene rings is 2. The van der Waals surface area contributed by atoms with Gasteiger partial charge >= 0.3 is 6.09 Å². The number of hydrogen-bond donors (Lipinski definition) is 0. The van der Waals surface area contributed by atoms with Gasteiger partial charge in [-0.05, 0) is 34.0 Å². The second-order valence-corrected chi connectivity index (χ2v) is 8.42. The Morgan fingerprint density at radius 3 is 2.45 bits per heavy atom. The van der Waals surface area contributed by atoms with Crippen molar-refractivity contribution in [1.82, 2.24) is 9.80 Å². The second-order valence-electron chi connectivity index (χ2n) is 7.64. The number of carbonyl (C=O) groups is 1. The summed E-state index contributed by atoms with van der Waals surface area (Å²) in [5.41, 5.74) is 3.55. The van der Waals surface area contributed by atoms with Crippen LogP contribution in [0.3, 0.4) is 0 Å². The van der Waals surface area contributed by atoms with Gasteiger partial charge in [0, 0.05) is 44.7 Å². The molecule has 2 aromatic carbocycles. The van der Waals surface area contributed by atoms with E-state index in [1.54, 1.807) is 11.3 Å². The minimum Gasteiger partial charge on any atom is -0.489 e. The molecule has 5 nitrogen and oxygen atoms in total. The van der Waals surface area contributed by atoms with Gasteiger partial charge in [-0.25, -0.2) is 4.79 Å². The SMILES string of the molecule is O=C(OCCc1ccsc1)N1CCN(Cc2ccccc2OCc2ccccc2)CC1. The van der Waals surface area contributed by atoms with Gasteiger partial charge in [0.1, 0.15) is 12.4 Å². The minimum atomic E-state index is -0.207. The lowest BCUT2D eigenvalue weighted by atomic mass is 10.1. The zero-order chi connectivity index (χ0) is 21.3. The van der Waals surface area contributed by atoms with E-state index in [-0.39, 0.29) is 6.09 Å². The van der Waals surface area contributed by atoms with Crippen LogP contribution in [0.2, 0.25) is 0 Å². The molecule has 0 saturated carbocycles. The molecule has 1 aromatic heterocycles. The summed E-state index contributed by atoms with van der Waals surface area (Å²) in [6.45, 7) is 4.82. The molecule has 0 spiro atoms. The van der Waals surface area contributed by atoms with Gasteiger partial charge in [0.05, 0.1) is 6.61 Å². The Morgan fingerprint density at radius 1 is 0.903 bits per heavy atom. The van der Waals surface area contributed by atoms with Gasteiger partial charge in [-0.2, -0.15) is 11.3 Å². The number of nitrogens with zero attached hydrogens (tertiary/aromatic N) is 2. The van der Waals surface area contributed by atoms with Crippen molar-refractivity contribution in [3.05, 3.63) is 88.1 Å². The van der Waals surface area contributed by atoms with Crippen LogP contribution in [0.15, 0.2) is 71.4 Å². The first-order valence-corrected chi connectivity index (χ1v) is 11.6. The average Bonchev–Trinajstić information content (AvgIpc) is 3.33. The third kappa shape index (κ3) is 6.32. The van der Waals surface area contributed by atoms with Crippen LogP contribution in [0.4, 0.5) is 4.79 Å². The van der Waals surface area contributed by atoms with Crippen molar-refractivity contribution in [2.24, 2.45) is 0 Å². The Balaban J connectivity index is 1.23. The van der Waals surface area contributed by atoms with Crippen LogP contribution in [0.5, 0.6) is 5.75 Å². The standard InChI is InChI=1S/C25H28N2O3S/c28-25(29-16-10-22-11-17-31-20-22)27-14-12-26(13-15-27)18-23-8-4-5-9-24(23)30-19-21-6-2-1-3-7-21/h1-9,11,17,20H,10,12-16,18-19H2. The summed E-state index contributed by atoms with van der Waals surface area (Å²) in [4.78, 5) is 16.5. The summed E-state index contributed by atoms with van der Waals surface area (Å²) in [5, 5.41) is 4.13. The first-order valence-electron chi connectivity index (χ1n) is 10.7. The highest BCUT2D eigenvalue weighted by Crippen LogP contribution is 2.22. The molecule has 4 rings (SSSR count). The molecule has 0 radical (unpaired) electrons. The molecule has 31 heavy (non-hydrogen) atoms. The van der Waals surface area contributed by atoms with E-state index < -0.39 is 0 Å². The molecular weight excluding hydrogens is 408 g/mol. The number of rotatable bonds is 8. The number of hydrogen-bond acceptors (Lipinski definition) is 5. The van der Waals surface area contributed by atoms with Gasteiger partial charge in [-0.3, -0.25) is 4.90 Å². The highest BCUT2D eigenvalue weighted by Gasteiger charge is 2.22. The third-order valence-corrected chi connectivity index (χ3v) is 6.16. The van der Waals surface area contributed by atoms with Gasteiger partial charge in [-0.1, -0.05) is 48.5 Å². The van der Waals surface area contributed by atoms with E-state index in [2.05, 4.69) is 34.5 Å². The number of piperazine rings is 1. The monoisotopic (exact) mass is 436 g/mol. The molecule has 0 unspecified atom stereocenters. The molecule has 0 N–H and O–H groups in total. The fraction of sp³-hybridized carbons (Fsp3) is 0.320. The predicted molar refractivity (Wildman–Crippen MR) is 123 cm³/mol. The number of ether oxygens (including phenoxy) is 2. The molecule has 1 fully saturated rings. The van der Waals surface area contributed by atoms with Crippen LogP contribution in [-0.4, -0.2) is 48.7 Å². The molecule has 6 heteroatoms. The highest BCUT2D eigenvalue weighted by atomic mass is 32.1. The molecule has 1 saturated heterocycles. The Morgan fingerprint density at radius 2 is 1.68 bits per heavy atom. The van der Waals surface area contributed by atoms with E-state index in [1.807, 2.05) is 46.7 Å². The van der Waals surface area contributed by atoms with Crippen LogP contribution in [-0.2, 0) is 24.3 Å². The largest absolute Gasteiger partial charge is 0.489 e. The molecule has 0 atom stereocenters. The van der Waals surface area contributed by atoms with Crippen molar-refractivity contribution in [3.8, 4) is 5.75 Å². The molecule has 0 bridgehead atoms. The maximum atomic E-state index is 12.3. The van der Waals surface area contributed by atoms with E-state index in [4.69, 9.17) is 9.47 Å². The summed E-state index contributed by atoms with van der Waals surface area (Å²) in [6, 6.07) is 20.5. The third-order valence-electron chi connectivity index (χ3n) is 5.43.